The minimum atomic E-state index is -1.29. The van der Waals surface area contributed by atoms with Gasteiger partial charge in [-0.1, -0.05) is 0 Å². The van der Waals surface area contributed by atoms with Gasteiger partial charge in [-0.25, -0.2) is 18.0 Å². The average Bonchev–Trinajstić information content (AvgIpc) is 2.59. The van der Waals surface area contributed by atoms with Gasteiger partial charge in [-0.05, 0) is 30.7 Å². The fourth-order valence-corrected chi connectivity index (χ4v) is 2.54. The number of amides is 3. The van der Waals surface area contributed by atoms with E-state index >= 15 is 0 Å². The zero-order valence-corrected chi connectivity index (χ0v) is 13.6. The summed E-state index contributed by atoms with van der Waals surface area (Å²) in [6.07, 6.45) is 0.824. The average molecular weight is 365 g/mol. The van der Waals surface area contributed by atoms with E-state index in [1.807, 2.05) is 0 Å². The number of hydrogen-bond acceptors (Lipinski definition) is 3. The summed E-state index contributed by atoms with van der Waals surface area (Å²) in [5.41, 5.74) is 0.341. The van der Waals surface area contributed by atoms with Crippen LogP contribution in [0.2, 0.25) is 0 Å². The SMILES string of the molecule is [2H][C@@H]1c2cc(F)ccc2NC(=O)N1CC(=O)N[C@@H](C)c1ncc(F)cc1F. The topological polar surface area (TPSA) is 74.3 Å². The van der Waals surface area contributed by atoms with Gasteiger partial charge >= 0.3 is 6.03 Å². The molecule has 0 saturated heterocycles. The first-order chi connectivity index (χ1) is 12.8. The van der Waals surface area contributed by atoms with Gasteiger partial charge in [0.1, 0.15) is 24.0 Å². The number of fused-ring (bicyclic) bond motifs is 1. The molecule has 2 aromatic rings. The number of pyridine rings is 1. The van der Waals surface area contributed by atoms with Gasteiger partial charge in [-0.3, -0.25) is 9.78 Å². The van der Waals surface area contributed by atoms with Gasteiger partial charge in [0.2, 0.25) is 5.91 Å². The highest BCUT2D eigenvalue weighted by molar-refractivity contribution is 5.94. The Bertz CT molecular complexity index is 912. The molecule has 0 radical (unpaired) electrons. The van der Waals surface area contributed by atoms with E-state index in [0.717, 1.165) is 23.2 Å². The molecule has 0 spiro atoms. The predicted molar refractivity (Wildman–Crippen MR) is 86.5 cm³/mol. The Morgan fingerprint density at radius 3 is 2.88 bits per heavy atom. The van der Waals surface area contributed by atoms with Crippen LogP contribution in [-0.2, 0) is 11.3 Å². The summed E-state index contributed by atoms with van der Waals surface area (Å²) >= 11 is 0. The number of carbonyl (C=O) groups is 2. The van der Waals surface area contributed by atoms with Crippen molar-refractivity contribution in [2.45, 2.75) is 19.5 Å². The summed E-state index contributed by atoms with van der Waals surface area (Å²) in [6, 6.07) is 2.67. The molecule has 0 bridgehead atoms. The second-order valence-electron chi connectivity index (χ2n) is 5.73. The first-order valence-corrected chi connectivity index (χ1v) is 7.66. The first kappa shape index (κ1) is 16.4. The number of nitrogens with zero attached hydrogens (tertiary/aromatic N) is 2. The third kappa shape index (κ3) is 3.76. The maximum Gasteiger partial charge on any atom is 0.322 e. The van der Waals surface area contributed by atoms with E-state index in [1.165, 1.54) is 13.0 Å². The second-order valence-corrected chi connectivity index (χ2v) is 5.73. The lowest BCUT2D eigenvalue weighted by molar-refractivity contribution is -0.122. The normalized spacial score (nSPS) is 17.8. The van der Waals surface area contributed by atoms with Crippen molar-refractivity contribution in [1.29, 1.82) is 0 Å². The van der Waals surface area contributed by atoms with E-state index in [2.05, 4.69) is 15.6 Å². The van der Waals surface area contributed by atoms with Crippen molar-refractivity contribution < 1.29 is 24.1 Å². The molecule has 0 unspecified atom stereocenters. The lowest BCUT2D eigenvalue weighted by Crippen LogP contribution is -2.45. The molecule has 3 rings (SSSR count). The van der Waals surface area contributed by atoms with Crippen LogP contribution in [0, 0.1) is 17.5 Å². The highest BCUT2D eigenvalue weighted by Gasteiger charge is 2.25. The molecule has 1 aliphatic heterocycles. The lowest BCUT2D eigenvalue weighted by atomic mass is 10.1. The molecule has 1 aromatic carbocycles. The zero-order chi connectivity index (χ0) is 19.7. The van der Waals surface area contributed by atoms with E-state index < -0.39 is 48.5 Å². The van der Waals surface area contributed by atoms with Crippen LogP contribution in [0.25, 0.3) is 0 Å². The Hall–Kier alpha value is -3.10. The molecule has 6 nitrogen and oxygen atoms in total. The van der Waals surface area contributed by atoms with Crippen LogP contribution in [-0.4, -0.2) is 28.4 Å². The Kier molecular flexibility index (Phi) is 4.42. The van der Waals surface area contributed by atoms with Gasteiger partial charge in [-0.2, -0.15) is 0 Å². The minimum absolute atomic E-state index is 0.164. The van der Waals surface area contributed by atoms with Gasteiger partial charge in [0.25, 0.3) is 0 Å². The third-order valence-electron chi connectivity index (χ3n) is 3.75. The maximum atomic E-state index is 13.7. The van der Waals surface area contributed by atoms with Crippen LogP contribution in [0.4, 0.5) is 23.7 Å². The Balaban J connectivity index is 1.71. The van der Waals surface area contributed by atoms with Crippen LogP contribution in [0.1, 0.15) is 25.6 Å². The van der Waals surface area contributed by atoms with Crippen LogP contribution in [0.3, 0.4) is 0 Å². The molecule has 2 atom stereocenters. The number of aromatic nitrogens is 1. The highest BCUT2D eigenvalue weighted by atomic mass is 19.1. The van der Waals surface area contributed by atoms with Crippen LogP contribution < -0.4 is 10.6 Å². The van der Waals surface area contributed by atoms with E-state index in [-0.39, 0.29) is 11.3 Å². The van der Waals surface area contributed by atoms with Crippen molar-refractivity contribution in [2.24, 2.45) is 0 Å². The van der Waals surface area contributed by atoms with E-state index in [4.69, 9.17) is 1.37 Å². The first-order valence-electron chi connectivity index (χ1n) is 8.23. The quantitative estimate of drug-likeness (QED) is 0.875. The zero-order valence-electron chi connectivity index (χ0n) is 14.6. The fraction of sp³-hybridized carbons (Fsp3) is 0.235. The number of urea groups is 1. The summed E-state index contributed by atoms with van der Waals surface area (Å²) in [4.78, 5) is 28.9. The smallest absolute Gasteiger partial charge is 0.322 e. The van der Waals surface area contributed by atoms with Gasteiger partial charge < -0.3 is 15.5 Å². The third-order valence-corrected chi connectivity index (χ3v) is 3.75. The largest absolute Gasteiger partial charge is 0.346 e. The number of benzene rings is 1. The molecule has 9 heteroatoms. The maximum absolute atomic E-state index is 13.7. The molecule has 2 N–H and O–H groups in total. The van der Waals surface area contributed by atoms with E-state index in [9.17, 15) is 22.8 Å². The van der Waals surface area contributed by atoms with E-state index in [1.54, 1.807) is 0 Å². The van der Waals surface area contributed by atoms with Crippen LogP contribution >= 0.6 is 0 Å². The number of nitrogens with one attached hydrogen (secondary N) is 2. The molecule has 1 aliphatic rings. The minimum Gasteiger partial charge on any atom is -0.346 e. The van der Waals surface area contributed by atoms with Crippen molar-refractivity contribution in [3.63, 3.8) is 0 Å². The molecule has 0 aliphatic carbocycles. The van der Waals surface area contributed by atoms with E-state index in [0.29, 0.717) is 11.8 Å². The van der Waals surface area contributed by atoms with Crippen molar-refractivity contribution in [1.82, 2.24) is 15.2 Å². The monoisotopic (exact) mass is 365 g/mol. The summed E-state index contributed by atoms with van der Waals surface area (Å²) in [7, 11) is 0. The van der Waals surface area contributed by atoms with Crippen molar-refractivity contribution in [2.75, 3.05) is 11.9 Å². The van der Waals surface area contributed by atoms with Crippen LogP contribution in [0.5, 0.6) is 0 Å². The number of rotatable bonds is 4. The van der Waals surface area contributed by atoms with Crippen molar-refractivity contribution in [3.8, 4) is 0 Å². The summed E-state index contributed by atoms with van der Waals surface area (Å²) in [5.74, 6) is -3.01. The lowest BCUT2D eigenvalue weighted by Gasteiger charge is -2.29. The van der Waals surface area contributed by atoms with Gasteiger partial charge in [0.05, 0.1) is 25.8 Å². The summed E-state index contributed by atoms with van der Waals surface area (Å²) in [6.45, 7) is -0.352. The highest BCUT2D eigenvalue weighted by Crippen LogP contribution is 2.24. The molecular weight excluding hydrogens is 349 g/mol. The Morgan fingerprint density at radius 1 is 1.38 bits per heavy atom. The van der Waals surface area contributed by atoms with Crippen molar-refractivity contribution in [3.05, 3.63) is 59.2 Å². The van der Waals surface area contributed by atoms with Gasteiger partial charge in [0, 0.05) is 11.8 Å². The molecule has 0 fully saturated rings. The molecular formula is C17H15F3N4O2. The van der Waals surface area contributed by atoms with Gasteiger partial charge in [-0.15, -0.1) is 0 Å². The molecule has 3 amide bonds. The summed E-state index contributed by atoms with van der Waals surface area (Å²) in [5, 5.41) is 4.92. The molecule has 136 valence electrons. The molecule has 2 heterocycles. The van der Waals surface area contributed by atoms with Crippen molar-refractivity contribution >= 4 is 17.6 Å². The Labute approximate surface area is 148 Å². The molecule has 0 saturated carbocycles. The number of halogens is 3. The number of anilines is 1. The van der Waals surface area contributed by atoms with Crippen LogP contribution in [0.15, 0.2) is 30.5 Å². The number of hydrogen-bond donors (Lipinski definition) is 2. The standard InChI is InChI=1S/C17H15F3N4O2/c1-9(16-13(20)5-12(19)6-21-16)22-15(25)8-24-7-10-4-11(18)2-3-14(10)23-17(24)26/h2-6,9H,7-8H2,1H3,(H,22,25)(H,23,26)/t9-/m0/s1/i7D/t7-,9+/m1. The second kappa shape index (κ2) is 7.03. The molecule has 1 aromatic heterocycles. The van der Waals surface area contributed by atoms with Gasteiger partial charge in [0.15, 0.2) is 0 Å². The molecule has 26 heavy (non-hydrogen) atoms. The Morgan fingerprint density at radius 2 is 2.15 bits per heavy atom. The number of carbonyl (C=O) groups excluding carboxylic acids is 2. The fourth-order valence-electron chi connectivity index (χ4n) is 2.54. The summed E-state index contributed by atoms with van der Waals surface area (Å²) < 4.78 is 48.2. The predicted octanol–water partition coefficient (Wildman–Crippen LogP) is 2.72.